The van der Waals surface area contributed by atoms with Gasteiger partial charge in [-0.2, -0.15) is 0 Å². The maximum Gasteiger partial charge on any atom is 0.123 e. The average molecular weight is 326 g/mol. The second kappa shape index (κ2) is 7.19. The van der Waals surface area contributed by atoms with Crippen molar-refractivity contribution in [2.45, 2.75) is 82.1 Å². The van der Waals surface area contributed by atoms with Gasteiger partial charge in [-0.15, -0.1) is 0 Å². The molecule has 7 atom stereocenters. The quantitative estimate of drug-likeness (QED) is 0.595. The van der Waals surface area contributed by atoms with Crippen molar-refractivity contribution >= 4 is 0 Å². The zero-order valence-corrected chi connectivity index (χ0v) is 14.2. The normalized spacial score (nSPS) is 47.3. The molecule has 2 N–H and O–H groups in total. The Morgan fingerprint density at radius 1 is 1.09 bits per heavy atom. The summed E-state index contributed by atoms with van der Waals surface area (Å²) in [7, 11) is 0. The molecular weight excluding hydrogens is 296 g/mol. The first kappa shape index (κ1) is 17.4. The molecule has 3 heterocycles. The molecule has 23 heavy (non-hydrogen) atoms. The van der Waals surface area contributed by atoms with Crippen LogP contribution in [0.15, 0.2) is 12.2 Å². The van der Waals surface area contributed by atoms with Crippen molar-refractivity contribution < 1.29 is 24.4 Å². The smallest absolute Gasteiger partial charge is 0.123 e. The summed E-state index contributed by atoms with van der Waals surface area (Å²) in [6.45, 7) is 5.05. The summed E-state index contributed by atoms with van der Waals surface area (Å²) < 4.78 is 17.6. The first-order valence-corrected chi connectivity index (χ1v) is 9.02. The van der Waals surface area contributed by atoms with Crippen molar-refractivity contribution in [1.29, 1.82) is 0 Å². The zero-order chi connectivity index (χ0) is 16.4. The lowest BCUT2D eigenvalue weighted by atomic mass is 9.87. The first-order chi connectivity index (χ1) is 11.1. The highest BCUT2D eigenvalue weighted by molar-refractivity contribution is 5.12. The largest absolute Gasteiger partial charge is 0.396 e. The molecule has 1 spiro atoms. The second-order valence-corrected chi connectivity index (χ2v) is 7.24. The molecule has 0 bridgehead atoms. The Hall–Kier alpha value is -0.460. The van der Waals surface area contributed by atoms with Crippen molar-refractivity contribution in [2.24, 2.45) is 5.92 Å². The third-order valence-corrected chi connectivity index (χ3v) is 5.50. The number of aliphatic hydroxyl groups excluding tert-OH is 2. The van der Waals surface area contributed by atoms with Crippen LogP contribution in [0.3, 0.4) is 0 Å². The third kappa shape index (κ3) is 3.80. The number of hydrogen-bond donors (Lipinski definition) is 2. The Morgan fingerprint density at radius 3 is 2.43 bits per heavy atom. The van der Waals surface area contributed by atoms with Crippen LogP contribution in [0.25, 0.3) is 0 Å². The fourth-order valence-corrected chi connectivity index (χ4v) is 3.85. The minimum atomic E-state index is -0.610. The minimum absolute atomic E-state index is 0.0141. The van der Waals surface area contributed by atoms with Crippen molar-refractivity contribution in [3.05, 3.63) is 12.2 Å². The van der Waals surface area contributed by atoms with E-state index in [1.165, 1.54) is 0 Å². The third-order valence-electron chi connectivity index (χ3n) is 5.50. The number of epoxide rings is 1. The van der Waals surface area contributed by atoms with Gasteiger partial charge in [-0.05, 0) is 31.6 Å². The van der Waals surface area contributed by atoms with Gasteiger partial charge in [0.25, 0.3) is 0 Å². The summed E-state index contributed by atoms with van der Waals surface area (Å²) in [4.78, 5) is 0. The predicted octanol–water partition coefficient (Wildman–Crippen LogP) is 1.81. The highest BCUT2D eigenvalue weighted by Gasteiger charge is 2.57. The topological polar surface area (TPSA) is 71.5 Å². The van der Waals surface area contributed by atoms with Gasteiger partial charge in [0.1, 0.15) is 17.8 Å². The van der Waals surface area contributed by atoms with Gasteiger partial charge in [-0.3, -0.25) is 0 Å². The fraction of sp³-hybridized carbons (Fsp3) is 0.889. The van der Waals surface area contributed by atoms with Crippen LogP contribution >= 0.6 is 0 Å². The lowest BCUT2D eigenvalue weighted by molar-refractivity contribution is -0.133. The molecule has 3 fully saturated rings. The monoisotopic (exact) mass is 326 g/mol. The molecular formula is C18H30O5. The van der Waals surface area contributed by atoms with Gasteiger partial charge < -0.3 is 24.4 Å². The summed E-state index contributed by atoms with van der Waals surface area (Å²) >= 11 is 0. The van der Waals surface area contributed by atoms with E-state index in [4.69, 9.17) is 14.2 Å². The summed E-state index contributed by atoms with van der Waals surface area (Å²) in [5, 5.41) is 20.0. The van der Waals surface area contributed by atoms with Gasteiger partial charge >= 0.3 is 0 Å². The lowest BCUT2D eigenvalue weighted by Crippen LogP contribution is -2.49. The summed E-state index contributed by atoms with van der Waals surface area (Å²) in [5.74, 6) is 0.294. The van der Waals surface area contributed by atoms with E-state index >= 15 is 0 Å². The minimum Gasteiger partial charge on any atom is -0.396 e. The van der Waals surface area contributed by atoms with Crippen LogP contribution in [0, 0.1) is 5.92 Å². The molecule has 1 unspecified atom stereocenters. The molecule has 5 heteroatoms. The van der Waals surface area contributed by atoms with Gasteiger partial charge in [-0.1, -0.05) is 26.0 Å². The van der Waals surface area contributed by atoms with E-state index < -0.39 is 6.10 Å². The second-order valence-electron chi connectivity index (χ2n) is 7.24. The van der Waals surface area contributed by atoms with Crippen molar-refractivity contribution in [3.63, 3.8) is 0 Å². The molecule has 3 rings (SSSR count). The fourth-order valence-electron chi connectivity index (χ4n) is 3.85. The summed E-state index contributed by atoms with van der Waals surface area (Å²) in [5.41, 5.74) is -0.388. The zero-order valence-electron chi connectivity index (χ0n) is 14.2. The van der Waals surface area contributed by atoms with E-state index in [2.05, 4.69) is 13.8 Å². The van der Waals surface area contributed by atoms with Gasteiger partial charge in [-0.25, -0.2) is 0 Å². The SMILES string of the molecule is CC[C@H]1CC(CO)C[C@@H](/C=C/[C@H]2O[C@@H](CC)C[C@@]3(CO3)[C@@H]2O)O1. The molecule has 0 aromatic carbocycles. The van der Waals surface area contributed by atoms with Crippen LogP contribution < -0.4 is 0 Å². The first-order valence-electron chi connectivity index (χ1n) is 9.02. The molecule has 3 aliphatic heterocycles. The van der Waals surface area contributed by atoms with E-state index in [9.17, 15) is 10.2 Å². The number of aliphatic hydroxyl groups is 2. The Bertz CT molecular complexity index is 408. The van der Waals surface area contributed by atoms with Crippen LogP contribution in [-0.2, 0) is 14.2 Å². The predicted molar refractivity (Wildman–Crippen MR) is 86.2 cm³/mol. The van der Waals surface area contributed by atoms with E-state index in [1.54, 1.807) is 0 Å². The van der Waals surface area contributed by atoms with Crippen molar-refractivity contribution in [2.75, 3.05) is 13.2 Å². The van der Waals surface area contributed by atoms with Crippen LogP contribution in [-0.4, -0.2) is 59.5 Å². The molecule has 132 valence electrons. The van der Waals surface area contributed by atoms with E-state index in [0.29, 0.717) is 12.5 Å². The number of ether oxygens (including phenoxy) is 3. The number of hydrogen-bond acceptors (Lipinski definition) is 5. The summed E-state index contributed by atoms with van der Waals surface area (Å²) in [6, 6.07) is 0. The molecule has 0 aliphatic carbocycles. The maximum absolute atomic E-state index is 10.5. The van der Waals surface area contributed by atoms with Crippen LogP contribution in [0.4, 0.5) is 0 Å². The highest BCUT2D eigenvalue weighted by atomic mass is 16.6. The molecule has 5 nitrogen and oxygen atoms in total. The highest BCUT2D eigenvalue weighted by Crippen LogP contribution is 2.43. The van der Waals surface area contributed by atoms with Crippen molar-refractivity contribution in [3.8, 4) is 0 Å². The summed E-state index contributed by atoms with van der Waals surface area (Å²) in [6.07, 6.45) is 7.73. The number of rotatable bonds is 5. The van der Waals surface area contributed by atoms with Gasteiger partial charge in [0.05, 0.1) is 24.9 Å². The molecule has 0 radical (unpaired) electrons. The van der Waals surface area contributed by atoms with Crippen LogP contribution in [0.5, 0.6) is 0 Å². The van der Waals surface area contributed by atoms with E-state index in [1.807, 2.05) is 12.2 Å². The molecule has 0 amide bonds. The van der Waals surface area contributed by atoms with Crippen LogP contribution in [0.2, 0.25) is 0 Å². The molecule has 3 aliphatic rings. The van der Waals surface area contributed by atoms with Crippen LogP contribution in [0.1, 0.15) is 46.0 Å². The Labute approximate surface area is 138 Å². The van der Waals surface area contributed by atoms with Gasteiger partial charge in [0.2, 0.25) is 0 Å². The van der Waals surface area contributed by atoms with Gasteiger partial charge in [0, 0.05) is 13.0 Å². The van der Waals surface area contributed by atoms with Crippen molar-refractivity contribution in [1.82, 2.24) is 0 Å². The molecule has 3 saturated heterocycles. The van der Waals surface area contributed by atoms with Gasteiger partial charge in [0.15, 0.2) is 0 Å². The lowest BCUT2D eigenvalue weighted by Gasteiger charge is -2.37. The Balaban J connectivity index is 1.63. The standard InChI is InChI=1S/C18H30O5/c1-3-13-7-12(10-19)8-15(22-13)5-6-16-17(20)18(11-21-18)9-14(4-2)23-16/h5-6,12-17,19-20H,3-4,7-11H2,1-2H3/b6-5+/t12?,13-,14-,15+,16+,17+,18+/m0/s1. The Morgan fingerprint density at radius 2 is 1.83 bits per heavy atom. The molecule has 0 saturated carbocycles. The Kier molecular flexibility index (Phi) is 5.43. The van der Waals surface area contributed by atoms with E-state index in [0.717, 1.165) is 32.1 Å². The molecule has 0 aromatic rings. The van der Waals surface area contributed by atoms with E-state index in [-0.39, 0.29) is 36.6 Å². The maximum atomic E-state index is 10.5. The molecule has 0 aromatic heterocycles. The average Bonchev–Trinajstić information content (AvgIpc) is 3.36.